The zero-order valence-corrected chi connectivity index (χ0v) is 45.2. The lowest BCUT2D eigenvalue weighted by molar-refractivity contribution is -0.167. The second-order valence-corrected chi connectivity index (χ2v) is 20.9. The molecule has 0 spiro atoms. The number of esters is 3. The van der Waals surface area contributed by atoms with Gasteiger partial charge in [0.05, 0.1) is 0 Å². The number of carbonyl (C=O) groups is 3. The topological polar surface area (TPSA) is 78.9 Å². The Morgan fingerprint density at radius 2 is 0.530 bits per heavy atom. The Bertz CT molecular complexity index is 998. The van der Waals surface area contributed by atoms with E-state index in [0.29, 0.717) is 19.3 Å². The fourth-order valence-corrected chi connectivity index (χ4v) is 9.25. The Hall–Kier alpha value is -1.59. The van der Waals surface area contributed by atoms with E-state index in [4.69, 9.17) is 14.2 Å². The van der Waals surface area contributed by atoms with Gasteiger partial charge in [-0.2, -0.15) is 0 Å². The highest BCUT2D eigenvalue weighted by molar-refractivity contribution is 5.71. The quantitative estimate of drug-likeness (QED) is 0.0343. The van der Waals surface area contributed by atoms with Crippen LogP contribution in [-0.4, -0.2) is 37.2 Å². The zero-order chi connectivity index (χ0) is 48.1. The maximum atomic E-state index is 12.9. The van der Waals surface area contributed by atoms with Crippen molar-refractivity contribution in [2.45, 2.75) is 348 Å². The molecule has 0 aliphatic carbocycles. The highest BCUT2D eigenvalue weighted by Crippen LogP contribution is 2.19. The van der Waals surface area contributed by atoms with Crippen molar-refractivity contribution in [3.05, 3.63) is 0 Å². The number of carbonyl (C=O) groups excluding carboxylic acids is 3. The lowest BCUT2D eigenvalue weighted by atomic mass is 9.99. The summed E-state index contributed by atoms with van der Waals surface area (Å²) in [5.41, 5.74) is 0. The van der Waals surface area contributed by atoms with E-state index in [2.05, 4.69) is 27.7 Å². The molecule has 392 valence electrons. The van der Waals surface area contributed by atoms with Gasteiger partial charge in [0.15, 0.2) is 6.10 Å². The average Bonchev–Trinajstić information content (AvgIpc) is 3.32. The summed E-state index contributed by atoms with van der Waals surface area (Å²) in [6.45, 7) is 9.09. The summed E-state index contributed by atoms with van der Waals surface area (Å²) < 4.78 is 16.9. The average molecular weight is 934 g/mol. The first-order valence-corrected chi connectivity index (χ1v) is 29.9. The molecule has 0 radical (unpaired) electrons. The molecule has 0 rings (SSSR count). The van der Waals surface area contributed by atoms with Crippen LogP contribution in [0.5, 0.6) is 0 Å². The summed E-state index contributed by atoms with van der Waals surface area (Å²) in [5.74, 6) is 0.0335. The normalized spacial score (nSPS) is 12.4. The second-order valence-electron chi connectivity index (χ2n) is 20.9. The summed E-state index contributed by atoms with van der Waals surface area (Å²) in [6, 6.07) is 0. The van der Waals surface area contributed by atoms with Gasteiger partial charge in [0.2, 0.25) is 0 Å². The predicted octanol–water partition coefficient (Wildman–Crippen LogP) is 19.8. The summed E-state index contributed by atoms with van der Waals surface area (Å²) in [7, 11) is 0. The van der Waals surface area contributed by atoms with Crippen molar-refractivity contribution < 1.29 is 28.6 Å². The minimum Gasteiger partial charge on any atom is -0.462 e. The number of unbranched alkanes of at least 4 members (excludes halogenated alkanes) is 41. The van der Waals surface area contributed by atoms with Crippen LogP contribution in [0.1, 0.15) is 342 Å². The molecule has 2 atom stereocenters. The van der Waals surface area contributed by atoms with E-state index in [0.717, 1.165) is 63.7 Å². The molecule has 0 fully saturated rings. The molecule has 0 saturated carbocycles. The van der Waals surface area contributed by atoms with Crippen LogP contribution in [0, 0.1) is 5.92 Å². The third-order valence-electron chi connectivity index (χ3n) is 14.2. The van der Waals surface area contributed by atoms with E-state index < -0.39 is 6.10 Å². The Labute approximate surface area is 412 Å². The van der Waals surface area contributed by atoms with Crippen LogP contribution in [0.25, 0.3) is 0 Å². The second kappa shape index (κ2) is 54.4. The Morgan fingerprint density at radius 1 is 0.303 bits per heavy atom. The molecule has 0 bridgehead atoms. The molecule has 0 saturated heterocycles. The fraction of sp³-hybridized carbons (Fsp3) is 0.950. The van der Waals surface area contributed by atoms with E-state index in [1.54, 1.807) is 0 Å². The number of rotatable bonds is 55. The van der Waals surface area contributed by atoms with Gasteiger partial charge in [-0.25, -0.2) is 0 Å². The van der Waals surface area contributed by atoms with Gasteiger partial charge in [-0.05, 0) is 25.2 Å². The smallest absolute Gasteiger partial charge is 0.306 e. The summed E-state index contributed by atoms with van der Waals surface area (Å²) in [6.07, 6.45) is 59.4. The first-order valence-electron chi connectivity index (χ1n) is 29.9. The first-order chi connectivity index (χ1) is 32.4. The lowest BCUT2D eigenvalue weighted by Crippen LogP contribution is -2.30. The molecule has 0 aromatic carbocycles. The molecule has 0 aliphatic heterocycles. The first kappa shape index (κ1) is 64.4. The van der Waals surface area contributed by atoms with Gasteiger partial charge in [0.25, 0.3) is 0 Å². The largest absolute Gasteiger partial charge is 0.462 e. The SMILES string of the molecule is CCCCCCCCCCCCCCCCCCCCC(=O)OC[C@@H](COC(=O)CCCCCCCCCCCCCCCCCC)OC(=O)CCCCCCCCCCCCC(C)CC. The molecule has 6 nitrogen and oxygen atoms in total. The lowest BCUT2D eigenvalue weighted by Gasteiger charge is -2.18. The van der Waals surface area contributed by atoms with E-state index in [9.17, 15) is 14.4 Å². The molecule has 66 heavy (non-hydrogen) atoms. The van der Waals surface area contributed by atoms with Crippen molar-refractivity contribution in [3.8, 4) is 0 Å². The van der Waals surface area contributed by atoms with Crippen molar-refractivity contribution in [3.63, 3.8) is 0 Å². The minimum absolute atomic E-state index is 0.0619. The molecule has 0 N–H and O–H groups in total. The summed E-state index contributed by atoms with van der Waals surface area (Å²) >= 11 is 0. The maximum Gasteiger partial charge on any atom is 0.306 e. The number of ether oxygens (including phenoxy) is 3. The number of hydrogen-bond acceptors (Lipinski definition) is 6. The molecule has 0 heterocycles. The van der Waals surface area contributed by atoms with Crippen molar-refractivity contribution in [2.75, 3.05) is 13.2 Å². The van der Waals surface area contributed by atoms with Crippen LogP contribution in [0.4, 0.5) is 0 Å². The zero-order valence-electron chi connectivity index (χ0n) is 45.2. The summed E-state index contributed by atoms with van der Waals surface area (Å²) in [4.78, 5) is 38.2. The molecule has 0 aromatic rings. The van der Waals surface area contributed by atoms with E-state index in [1.807, 2.05) is 0 Å². The van der Waals surface area contributed by atoms with Crippen molar-refractivity contribution in [1.82, 2.24) is 0 Å². The Kier molecular flexibility index (Phi) is 53.0. The molecule has 0 aliphatic rings. The highest BCUT2D eigenvalue weighted by atomic mass is 16.6. The van der Waals surface area contributed by atoms with Gasteiger partial charge in [-0.15, -0.1) is 0 Å². The standard InChI is InChI=1S/C60H116O6/c1-5-8-10-12-14-16-18-20-22-24-25-27-29-31-36-40-44-48-52-59(62)65-55-57(66-60(63)53-49-45-41-37-33-32-34-38-42-46-50-56(4)7-3)54-64-58(61)51-47-43-39-35-30-28-26-23-21-19-17-15-13-11-9-6-2/h56-57H,5-55H2,1-4H3/t56?,57-/m1/s1. The molecule has 6 heteroatoms. The predicted molar refractivity (Wildman–Crippen MR) is 284 cm³/mol. The maximum absolute atomic E-state index is 12.9. The van der Waals surface area contributed by atoms with Gasteiger partial charge in [0.1, 0.15) is 13.2 Å². The minimum atomic E-state index is -0.762. The van der Waals surface area contributed by atoms with Gasteiger partial charge in [-0.3, -0.25) is 14.4 Å². The van der Waals surface area contributed by atoms with Crippen LogP contribution >= 0.6 is 0 Å². The molecule has 1 unspecified atom stereocenters. The van der Waals surface area contributed by atoms with Crippen molar-refractivity contribution in [1.29, 1.82) is 0 Å². The Balaban J connectivity index is 4.28. The third kappa shape index (κ3) is 51.8. The molecular weight excluding hydrogens is 817 g/mol. The van der Waals surface area contributed by atoms with Gasteiger partial charge >= 0.3 is 17.9 Å². The van der Waals surface area contributed by atoms with Gasteiger partial charge < -0.3 is 14.2 Å². The van der Waals surface area contributed by atoms with Crippen LogP contribution in [-0.2, 0) is 28.6 Å². The van der Waals surface area contributed by atoms with Crippen molar-refractivity contribution in [2.24, 2.45) is 5.92 Å². The monoisotopic (exact) mass is 933 g/mol. The van der Waals surface area contributed by atoms with E-state index >= 15 is 0 Å². The molecule has 0 aromatic heterocycles. The Morgan fingerprint density at radius 3 is 0.788 bits per heavy atom. The highest BCUT2D eigenvalue weighted by Gasteiger charge is 2.19. The van der Waals surface area contributed by atoms with Crippen LogP contribution < -0.4 is 0 Å². The van der Waals surface area contributed by atoms with E-state index in [1.165, 1.54) is 238 Å². The number of hydrogen-bond donors (Lipinski definition) is 0. The van der Waals surface area contributed by atoms with Gasteiger partial charge in [-0.1, -0.05) is 304 Å². The van der Waals surface area contributed by atoms with Crippen LogP contribution in [0.15, 0.2) is 0 Å². The third-order valence-corrected chi connectivity index (χ3v) is 14.2. The van der Waals surface area contributed by atoms with Crippen molar-refractivity contribution >= 4 is 17.9 Å². The molecular formula is C60H116O6. The summed E-state index contributed by atoms with van der Waals surface area (Å²) in [5, 5.41) is 0. The van der Waals surface area contributed by atoms with Crippen LogP contribution in [0.2, 0.25) is 0 Å². The molecule has 0 amide bonds. The van der Waals surface area contributed by atoms with E-state index in [-0.39, 0.29) is 31.1 Å². The fourth-order valence-electron chi connectivity index (χ4n) is 9.25. The van der Waals surface area contributed by atoms with Crippen LogP contribution in [0.3, 0.4) is 0 Å². The van der Waals surface area contributed by atoms with Gasteiger partial charge in [0, 0.05) is 19.3 Å².